The number of amides is 1. The van der Waals surface area contributed by atoms with E-state index in [1.54, 1.807) is 0 Å². The van der Waals surface area contributed by atoms with Gasteiger partial charge in [0.25, 0.3) is 0 Å². The number of piperazine rings is 1. The minimum Gasteiger partial charge on any atom is -0.465 e. The van der Waals surface area contributed by atoms with E-state index in [0.717, 1.165) is 44.2 Å². The monoisotopic (exact) mass is 265 g/mol. The summed E-state index contributed by atoms with van der Waals surface area (Å²) in [6.07, 6.45) is 0. The normalized spacial score (nSPS) is 18.2. The summed E-state index contributed by atoms with van der Waals surface area (Å²) in [6.45, 7) is 9.25. The molecule has 1 amide bonds. The van der Waals surface area contributed by atoms with E-state index in [1.807, 2.05) is 26.0 Å². The van der Waals surface area contributed by atoms with Gasteiger partial charge in [-0.15, -0.1) is 0 Å². The third-order valence-electron chi connectivity index (χ3n) is 3.42. The van der Waals surface area contributed by atoms with Crippen LogP contribution >= 0.6 is 0 Å². The lowest BCUT2D eigenvalue weighted by atomic mass is 10.1. The van der Waals surface area contributed by atoms with Crippen molar-refractivity contribution in [3.63, 3.8) is 0 Å². The van der Waals surface area contributed by atoms with Crippen LogP contribution in [-0.2, 0) is 11.3 Å². The van der Waals surface area contributed by atoms with Crippen molar-refractivity contribution in [3.05, 3.63) is 23.7 Å². The summed E-state index contributed by atoms with van der Waals surface area (Å²) in [4.78, 5) is 14.3. The second-order valence-corrected chi connectivity index (χ2v) is 5.18. The smallest absolute Gasteiger partial charge is 0.224 e. The Balaban J connectivity index is 1.72. The number of carbonyl (C=O) groups excluding carboxylic acids is 1. The van der Waals surface area contributed by atoms with Gasteiger partial charge in [-0.3, -0.25) is 4.79 Å². The molecule has 19 heavy (non-hydrogen) atoms. The van der Waals surface area contributed by atoms with Gasteiger partial charge in [0.05, 0.1) is 6.54 Å². The zero-order chi connectivity index (χ0) is 13.7. The molecular formula is C14H23N3O2. The van der Waals surface area contributed by atoms with Gasteiger partial charge in [-0.25, -0.2) is 0 Å². The van der Waals surface area contributed by atoms with E-state index in [2.05, 4.69) is 15.5 Å². The third kappa shape index (κ3) is 4.36. The van der Waals surface area contributed by atoms with E-state index >= 15 is 0 Å². The lowest BCUT2D eigenvalue weighted by molar-refractivity contribution is -0.125. The van der Waals surface area contributed by atoms with E-state index in [9.17, 15) is 4.79 Å². The first kappa shape index (κ1) is 14.1. The topological polar surface area (TPSA) is 57.5 Å². The Morgan fingerprint density at radius 3 is 2.84 bits per heavy atom. The van der Waals surface area contributed by atoms with Crippen molar-refractivity contribution in [2.75, 3.05) is 32.7 Å². The fourth-order valence-electron chi connectivity index (χ4n) is 2.29. The molecule has 1 fully saturated rings. The SMILES string of the molecule is Cc1ccc(CNC(=O)C(C)CN2CCNCC2)o1. The Bertz CT molecular complexity index is 411. The molecular weight excluding hydrogens is 242 g/mol. The fraction of sp³-hybridized carbons (Fsp3) is 0.643. The molecule has 1 unspecified atom stereocenters. The molecule has 106 valence electrons. The summed E-state index contributed by atoms with van der Waals surface area (Å²) in [6, 6.07) is 3.81. The summed E-state index contributed by atoms with van der Waals surface area (Å²) < 4.78 is 5.43. The second-order valence-electron chi connectivity index (χ2n) is 5.18. The molecule has 0 spiro atoms. The molecule has 1 aliphatic heterocycles. The number of rotatable bonds is 5. The standard InChI is InChI=1S/C14H23N3O2/c1-11(10-17-7-5-15-6-8-17)14(18)16-9-13-4-3-12(2)19-13/h3-4,11,15H,5-10H2,1-2H3,(H,16,18). The molecule has 1 aliphatic rings. The van der Waals surface area contributed by atoms with Crippen LogP contribution in [0.4, 0.5) is 0 Å². The molecule has 2 N–H and O–H groups in total. The first-order valence-electron chi connectivity index (χ1n) is 6.91. The van der Waals surface area contributed by atoms with E-state index in [4.69, 9.17) is 4.42 Å². The molecule has 0 radical (unpaired) electrons. The van der Waals surface area contributed by atoms with Crippen molar-refractivity contribution in [2.45, 2.75) is 20.4 Å². The van der Waals surface area contributed by atoms with E-state index in [-0.39, 0.29) is 11.8 Å². The van der Waals surface area contributed by atoms with Gasteiger partial charge in [-0.05, 0) is 19.1 Å². The molecule has 5 heteroatoms. The summed E-state index contributed by atoms with van der Waals surface area (Å²) in [5.74, 6) is 1.78. The average Bonchev–Trinajstić information content (AvgIpc) is 2.83. The van der Waals surface area contributed by atoms with Crippen molar-refractivity contribution >= 4 is 5.91 Å². The second kappa shape index (κ2) is 6.73. The maximum absolute atomic E-state index is 12.0. The van der Waals surface area contributed by atoms with Crippen LogP contribution in [0.1, 0.15) is 18.4 Å². The van der Waals surface area contributed by atoms with E-state index in [0.29, 0.717) is 6.54 Å². The van der Waals surface area contributed by atoms with Gasteiger partial charge in [0.15, 0.2) is 0 Å². The molecule has 0 aliphatic carbocycles. The van der Waals surface area contributed by atoms with Gasteiger partial charge in [0.1, 0.15) is 11.5 Å². The summed E-state index contributed by atoms with van der Waals surface area (Å²) in [5.41, 5.74) is 0. The largest absolute Gasteiger partial charge is 0.465 e. The lowest BCUT2D eigenvalue weighted by Crippen LogP contribution is -2.47. The number of furan rings is 1. The van der Waals surface area contributed by atoms with Crippen molar-refractivity contribution < 1.29 is 9.21 Å². The predicted molar refractivity (Wildman–Crippen MR) is 73.8 cm³/mol. The molecule has 0 aromatic carbocycles. The highest BCUT2D eigenvalue weighted by atomic mass is 16.3. The minimum atomic E-state index is 0.00848. The molecule has 1 atom stereocenters. The molecule has 1 saturated heterocycles. The van der Waals surface area contributed by atoms with Crippen LogP contribution in [-0.4, -0.2) is 43.5 Å². The summed E-state index contributed by atoms with van der Waals surface area (Å²) >= 11 is 0. The van der Waals surface area contributed by atoms with Crippen LogP contribution in [0.25, 0.3) is 0 Å². The van der Waals surface area contributed by atoms with Gasteiger partial charge in [-0.1, -0.05) is 6.92 Å². The van der Waals surface area contributed by atoms with Gasteiger partial charge < -0.3 is 20.0 Å². The quantitative estimate of drug-likeness (QED) is 0.825. The minimum absolute atomic E-state index is 0.00848. The number of hydrogen-bond acceptors (Lipinski definition) is 4. The summed E-state index contributed by atoms with van der Waals surface area (Å²) in [7, 11) is 0. The molecule has 1 aromatic heterocycles. The maximum Gasteiger partial charge on any atom is 0.224 e. The van der Waals surface area contributed by atoms with Crippen LogP contribution in [0.15, 0.2) is 16.5 Å². The Morgan fingerprint density at radius 1 is 1.47 bits per heavy atom. The fourth-order valence-corrected chi connectivity index (χ4v) is 2.29. The van der Waals surface area contributed by atoms with E-state index in [1.165, 1.54) is 0 Å². The maximum atomic E-state index is 12.0. The lowest BCUT2D eigenvalue weighted by Gasteiger charge is -2.29. The van der Waals surface area contributed by atoms with Gasteiger partial charge in [0, 0.05) is 38.6 Å². The molecule has 0 saturated carbocycles. The molecule has 1 aromatic rings. The molecule has 0 bridgehead atoms. The van der Waals surface area contributed by atoms with E-state index < -0.39 is 0 Å². The van der Waals surface area contributed by atoms with Gasteiger partial charge in [-0.2, -0.15) is 0 Å². The Kier molecular flexibility index (Phi) is 4.99. The highest BCUT2D eigenvalue weighted by Crippen LogP contribution is 2.07. The van der Waals surface area contributed by atoms with Crippen LogP contribution in [0.2, 0.25) is 0 Å². The molecule has 2 rings (SSSR count). The number of hydrogen-bond donors (Lipinski definition) is 2. The first-order chi connectivity index (χ1) is 9.15. The highest BCUT2D eigenvalue weighted by Gasteiger charge is 2.18. The highest BCUT2D eigenvalue weighted by molar-refractivity contribution is 5.78. The van der Waals surface area contributed by atoms with Crippen LogP contribution < -0.4 is 10.6 Å². The van der Waals surface area contributed by atoms with Gasteiger partial charge >= 0.3 is 0 Å². The third-order valence-corrected chi connectivity index (χ3v) is 3.42. The van der Waals surface area contributed by atoms with Crippen LogP contribution in [0.5, 0.6) is 0 Å². The Hall–Kier alpha value is -1.33. The average molecular weight is 265 g/mol. The van der Waals surface area contributed by atoms with Crippen LogP contribution in [0.3, 0.4) is 0 Å². The number of nitrogens with zero attached hydrogens (tertiary/aromatic N) is 1. The van der Waals surface area contributed by atoms with Crippen molar-refractivity contribution in [1.82, 2.24) is 15.5 Å². The number of nitrogens with one attached hydrogen (secondary N) is 2. The number of carbonyl (C=O) groups is 1. The molecule has 5 nitrogen and oxygen atoms in total. The first-order valence-corrected chi connectivity index (χ1v) is 6.91. The Morgan fingerprint density at radius 2 is 2.21 bits per heavy atom. The Labute approximate surface area is 114 Å². The van der Waals surface area contributed by atoms with Crippen molar-refractivity contribution in [1.29, 1.82) is 0 Å². The predicted octanol–water partition coefficient (Wildman–Crippen LogP) is 0.746. The van der Waals surface area contributed by atoms with Gasteiger partial charge in [0.2, 0.25) is 5.91 Å². The summed E-state index contributed by atoms with van der Waals surface area (Å²) in [5, 5.41) is 6.24. The van der Waals surface area contributed by atoms with Crippen molar-refractivity contribution in [2.24, 2.45) is 5.92 Å². The number of aryl methyl sites for hydroxylation is 1. The zero-order valence-electron chi connectivity index (χ0n) is 11.7. The van der Waals surface area contributed by atoms with Crippen LogP contribution in [0, 0.1) is 12.8 Å². The zero-order valence-corrected chi connectivity index (χ0v) is 11.7. The van der Waals surface area contributed by atoms with Crippen molar-refractivity contribution in [3.8, 4) is 0 Å². The molecule has 2 heterocycles.